The number of hydrogen-bond donors (Lipinski definition) is 1. The molecule has 0 aliphatic heterocycles. The highest BCUT2D eigenvalue weighted by Crippen LogP contribution is 2.15. The Morgan fingerprint density at radius 3 is 2.94 bits per heavy atom. The van der Waals surface area contributed by atoms with E-state index in [0.29, 0.717) is 0 Å². The summed E-state index contributed by atoms with van der Waals surface area (Å²) in [4.78, 5) is 0. The van der Waals surface area contributed by atoms with E-state index in [1.165, 1.54) is 5.56 Å². The number of aryl methyl sites for hydroxylation is 1. The third-order valence-corrected chi connectivity index (χ3v) is 2.74. The molecule has 0 saturated heterocycles. The summed E-state index contributed by atoms with van der Waals surface area (Å²) in [6.07, 6.45) is 6.89. The van der Waals surface area contributed by atoms with Crippen molar-refractivity contribution in [2.45, 2.75) is 19.9 Å². The van der Waals surface area contributed by atoms with Gasteiger partial charge in [0, 0.05) is 11.6 Å². The van der Waals surface area contributed by atoms with Crippen LogP contribution in [0.2, 0.25) is 5.02 Å². The van der Waals surface area contributed by atoms with Gasteiger partial charge in [-0.05, 0) is 37.1 Å². The van der Waals surface area contributed by atoms with Gasteiger partial charge in [-0.2, -0.15) is 0 Å². The highest BCUT2D eigenvalue weighted by Gasteiger charge is 1.96. The van der Waals surface area contributed by atoms with Gasteiger partial charge in [-0.15, -0.1) is 0 Å². The minimum Gasteiger partial charge on any atom is -0.312 e. The Bertz CT molecular complexity index is 369. The zero-order valence-electron chi connectivity index (χ0n) is 9.67. The minimum absolute atomic E-state index is 0.831. The fourth-order valence-corrected chi connectivity index (χ4v) is 1.54. The predicted molar refractivity (Wildman–Crippen MR) is 71.8 cm³/mol. The van der Waals surface area contributed by atoms with E-state index in [0.717, 1.165) is 30.1 Å². The molecular formula is C14H18ClN. The van der Waals surface area contributed by atoms with Crippen molar-refractivity contribution in [2.24, 2.45) is 0 Å². The number of benzene rings is 1. The largest absolute Gasteiger partial charge is 0.312 e. The van der Waals surface area contributed by atoms with Crippen LogP contribution in [-0.2, 0) is 6.54 Å². The fraction of sp³-hybridized carbons (Fsp3) is 0.286. The lowest BCUT2D eigenvalue weighted by Gasteiger charge is -2.05. The van der Waals surface area contributed by atoms with Gasteiger partial charge in [-0.1, -0.05) is 48.5 Å². The molecule has 0 fully saturated rings. The molecule has 2 heteroatoms. The van der Waals surface area contributed by atoms with Crippen LogP contribution in [0.4, 0.5) is 0 Å². The quantitative estimate of drug-likeness (QED) is 0.583. The van der Waals surface area contributed by atoms with Crippen LogP contribution in [0, 0.1) is 6.92 Å². The number of hydrogen-bond acceptors (Lipinski definition) is 1. The topological polar surface area (TPSA) is 12.0 Å². The molecule has 1 aromatic carbocycles. The third kappa shape index (κ3) is 4.65. The summed E-state index contributed by atoms with van der Waals surface area (Å²) >= 11 is 5.96. The average Bonchev–Trinajstić information content (AvgIpc) is 2.28. The van der Waals surface area contributed by atoms with Crippen LogP contribution in [-0.4, -0.2) is 6.54 Å². The smallest absolute Gasteiger partial charge is 0.0435 e. The molecule has 0 bridgehead atoms. The lowest BCUT2D eigenvalue weighted by atomic mass is 10.1. The van der Waals surface area contributed by atoms with Crippen LogP contribution >= 0.6 is 11.6 Å². The summed E-state index contributed by atoms with van der Waals surface area (Å²) < 4.78 is 0. The molecule has 0 aromatic heterocycles. The molecule has 1 N–H and O–H groups in total. The molecule has 0 atom stereocenters. The molecule has 1 nitrogen and oxygen atoms in total. The van der Waals surface area contributed by atoms with Gasteiger partial charge in [-0.3, -0.25) is 0 Å². The van der Waals surface area contributed by atoms with Crippen molar-refractivity contribution in [3.8, 4) is 0 Å². The summed E-state index contributed by atoms with van der Waals surface area (Å²) in [6.45, 7) is 7.52. The van der Waals surface area contributed by atoms with Gasteiger partial charge in [0.15, 0.2) is 0 Å². The van der Waals surface area contributed by atoms with Gasteiger partial charge in [0.2, 0.25) is 0 Å². The number of rotatable bonds is 6. The van der Waals surface area contributed by atoms with Crippen LogP contribution in [0.15, 0.2) is 43.0 Å². The maximum Gasteiger partial charge on any atom is 0.0435 e. The monoisotopic (exact) mass is 235 g/mol. The first-order valence-electron chi connectivity index (χ1n) is 5.47. The normalized spacial score (nSPS) is 10.9. The van der Waals surface area contributed by atoms with Gasteiger partial charge < -0.3 is 5.32 Å². The number of nitrogens with one attached hydrogen (secondary N) is 1. The molecule has 1 rings (SSSR count). The van der Waals surface area contributed by atoms with Crippen molar-refractivity contribution in [1.82, 2.24) is 5.32 Å². The maximum absolute atomic E-state index is 5.96. The van der Waals surface area contributed by atoms with Crippen molar-refractivity contribution in [1.29, 1.82) is 0 Å². The first-order valence-corrected chi connectivity index (χ1v) is 5.85. The number of halogens is 1. The Labute approximate surface area is 103 Å². The van der Waals surface area contributed by atoms with Crippen molar-refractivity contribution < 1.29 is 0 Å². The molecule has 86 valence electrons. The standard InChI is InChI=1S/C14H18ClN/c1-3-4-5-6-9-16-11-13-7-8-14(15)12(2)10-13/h3-5,7-8,10,16H,1,6,9,11H2,2H3/b5-4+. The zero-order valence-corrected chi connectivity index (χ0v) is 10.4. The molecule has 0 radical (unpaired) electrons. The van der Waals surface area contributed by atoms with Crippen molar-refractivity contribution >= 4 is 11.6 Å². The maximum atomic E-state index is 5.96. The van der Waals surface area contributed by atoms with E-state index in [4.69, 9.17) is 11.6 Å². The first kappa shape index (κ1) is 13.0. The predicted octanol–water partition coefficient (Wildman–Crippen LogP) is 3.87. The van der Waals surface area contributed by atoms with Crippen molar-refractivity contribution in [3.63, 3.8) is 0 Å². The molecular weight excluding hydrogens is 218 g/mol. The molecule has 0 unspecified atom stereocenters. The second kappa shape index (κ2) is 7.26. The van der Waals surface area contributed by atoms with Crippen LogP contribution in [0.3, 0.4) is 0 Å². The molecule has 16 heavy (non-hydrogen) atoms. The Hall–Kier alpha value is -1.05. The summed E-state index contributed by atoms with van der Waals surface area (Å²) in [7, 11) is 0. The molecule has 0 amide bonds. The van der Waals surface area contributed by atoms with Crippen LogP contribution in [0.5, 0.6) is 0 Å². The van der Waals surface area contributed by atoms with Gasteiger partial charge in [0.25, 0.3) is 0 Å². The summed E-state index contributed by atoms with van der Waals surface area (Å²) in [5.74, 6) is 0. The van der Waals surface area contributed by atoms with Gasteiger partial charge in [-0.25, -0.2) is 0 Å². The van der Waals surface area contributed by atoms with Crippen molar-refractivity contribution in [2.75, 3.05) is 6.54 Å². The van der Waals surface area contributed by atoms with E-state index in [2.05, 4.69) is 30.1 Å². The van der Waals surface area contributed by atoms with Gasteiger partial charge >= 0.3 is 0 Å². The average molecular weight is 236 g/mol. The molecule has 0 aliphatic carbocycles. The van der Waals surface area contributed by atoms with Gasteiger partial charge in [0.05, 0.1) is 0 Å². The second-order valence-corrected chi connectivity index (χ2v) is 4.12. The molecule has 0 heterocycles. The summed E-state index contributed by atoms with van der Waals surface area (Å²) in [6, 6.07) is 6.13. The molecule has 0 aliphatic rings. The van der Waals surface area contributed by atoms with E-state index in [1.54, 1.807) is 6.08 Å². The lowest BCUT2D eigenvalue weighted by molar-refractivity contribution is 0.695. The van der Waals surface area contributed by atoms with E-state index in [-0.39, 0.29) is 0 Å². The van der Waals surface area contributed by atoms with E-state index in [9.17, 15) is 0 Å². The third-order valence-electron chi connectivity index (χ3n) is 2.31. The van der Waals surface area contributed by atoms with Crippen molar-refractivity contribution in [3.05, 3.63) is 59.2 Å². The SMILES string of the molecule is C=C/C=C/CCNCc1ccc(Cl)c(C)c1. The van der Waals surface area contributed by atoms with E-state index < -0.39 is 0 Å². The fourth-order valence-electron chi connectivity index (χ4n) is 1.43. The molecule has 0 spiro atoms. The zero-order chi connectivity index (χ0) is 11.8. The van der Waals surface area contributed by atoms with E-state index >= 15 is 0 Å². The number of allylic oxidation sites excluding steroid dienone is 2. The molecule has 1 aromatic rings. The lowest BCUT2D eigenvalue weighted by Crippen LogP contribution is -2.14. The highest BCUT2D eigenvalue weighted by molar-refractivity contribution is 6.31. The van der Waals surface area contributed by atoms with Crippen LogP contribution in [0.25, 0.3) is 0 Å². The summed E-state index contributed by atoms with van der Waals surface area (Å²) in [5, 5.41) is 4.21. The van der Waals surface area contributed by atoms with Crippen LogP contribution < -0.4 is 5.32 Å². The Balaban J connectivity index is 2.29. The van der Waals surface area contributed by atoms with Crippen LogP contribution in [0.1, 0.15) is 17.5 Å². The van der Waals surface area contributed by atoms with Gasteiger partial charge in [0.1, 0.15) is 0 Å². The Morgan fingerprint density at radius 1 is 1.44 bits per heavy atom. The Kier molecular flexibility index (Phi) is 5.91. The highest BCUT2D eigenvalue weighted by atomic mass is 35.5. The summed E-state index contributed by atoms with van der Waals surface area (Å²) in [5.41, 5.74) is 2.40. The first-order chi connectivity index (χ1) is 7.74. The Morgan fingerprint density at radius 2 is 2.25 bits per heavy atom. The minimum atomic E-state index is 0.831. The second-order valence-electron chi connectivity index (χ2n) is 3.71. The van der Waals surface area contributed by atoms with E-state index in [1.807, 2.05) is 19.1 Å². The molecule has 0 saturated carbocycles.